The lowest BCUT2D eigenvalue weighted by Gasteiger charge is -2.31. The zero-order valence-corrected chi connectivity index (χ0v) is 16.2. The molecule has 4 heterocycles. The maximum Gasteiger partial charge on any atom is 0.227 e. The standard InChI is InChI=1S/C20H28N6O/c1-14(12-25-9-7-22-15(25)2)20(27)26-8-5-18-17(13-26)11-23-19(24-18)16-4-3-6-21-10-16/h7,9,11,14,16,21H,3-6,8,10,12-13H2,1-2H3. The van der Waals surface area contributed by atoms with Crippen molar-refractivity contribution in [1.82, 2.24) is 29.7 Å². The zero-order valence-electron chi connectivity index (χ0n) is 16.2. The van der Waals surface area contributed by atoms with E-state index in [9.17, 15) is 4.79 Å². The Morgan fingerprint density at radius 2 is 2.30 bits per heavy atom. The van der Waals surface area contributed by atoms with Crippen LogP contribution in [0.25, 0.3) is 0 Å². The highest BCUT2D eigenvalue weighted by molar-refractivity contribution is 5.78. The van der Waals surface area contributed by atoms with Crippen molar-refractivity contribution in [2.45, 2.75) is 52.1 Å². The van der Waals surface area contributed by atoms with Gasteiger partial charge in [-0.2, -0.15) is 0 Å². The Hall–Kier alpha value is -2.28. The van der Waals surface area contributed by atoms with E-state index < -0.39 is 0 Å². The average molecular weight is 368 g/mol. The number of aromatic nitrogens is 4. The monoisotopic (exact) mass is 368 g/mol. The lowest BCUT2D eigenvalue weighted by molar-refractivity contribution is -0.136. The average Bonchev–Trinajstić information content (AvgIpc) is 3.11. The van der Waals surface area contributed by atoms with Gasteiger partial charge in [0.25, 0.3) is 0 Å². The number of aryl methyl sites for hydroxylation is 1. The van der Waals surface area contributed by atoms with Crippen LogP contribution in [0.5, 0.6) is 0 Å². The molecular weight excluding hydrogens is 340 g/mol. The van der Waals surface area contributed by atoms with Crippen LogP contribution in [-0.2, 0) is 24.3 Å². The molecule has 2 aromatic rings. The van der Waals surface area contributed by atoms with Gasteiger partial charge in [-0.1, -0.05) is 6.92 Å². The predicted octanol–water partition coefficient (Wildman–Crippen LogP) is 1.67. The first-order chi connectivity index (χ1) is 13.1. The van der Waals surface area contributed by atoms with Crippen LogP contribution in [0.3, 0.4) is 0 Å². The van der Waals surface area contributed by atoms with Gasteiger partial charge < -0.3 is 14.8 Å². The smallest absolute Gasteiger partial charge is 0.227 e. The summed E-state index contributed by atoms with van der Waals surface area (Å²) < 4.78 is 2.04. The summed E-state index contributed by atoms with van der Waals surface area (Å²) in [4.78, 5) is 28.6. The van der Waals surface area contributed by atoms with Crippen LogP contribution in [0, 0.1) is 12.8 Å². The van der Waals surface area contributed by atoms with Crippen molar-refractivity contribution in [2.75, 3.05) is 19.6 Å². The summed E-state index contributed by atoms with van der Waals surface area (Å²) >= 11 is 0. The molecule has 27 heavy (non-hydrogen) atoms. The van der Waals surface area contributed by atoms with Crippen molar-refractivity contribution >= 4 is 5.91 Å². The summed E-state index contributed by atoms with van der Waals surface area (Å²) in [5.41, 5.74) is 2.21. The maximum absolute atomic E-state index is 12.9. The number of rotatable bonds is 4. The normalized spacial score (nSPS) is 21.0. The molecule has 0 bridgehead atoms. The lowest BCUT2D eigenvalue weighted by atomic mass is 9.98. The van der Waals surface area contributed by atoms with Gasteiger partial charge in [-0.15, -0.1) is 0 Å². The minimum absolute atomic E-state index is 0.0760. The number of amides is 1. The summed E-state index contributed by atoms with van der Waals surface area (Å²) in [5, 5.41) is 3.43. The first kappa shape index (κ1) is 18.1. The molecule has 1 N–H and O–H groups in total. The molecule has 1 saturated heterocycles. The van der Waals surface area contributed by atoms with E-state index in [4.69, 9.17) is 4.98 Å². The van der Waals surface area contributed by atoms with E-state index in [0.29, 0.717) is 19.0 Å². The fourth-order valence-electron chi connectivity index (χ4n) is 4.07. The summed E-state index contributed by atoms with van der Waals surface area (Å²) in [6.45, 7) is 8.03. The van der Waals surface area contributed by atoms with Gasteiger partial charge in [0.15, 0.2) is 0 Å². The number of carbonyl (C=O) groups is 1. The first-order valence-corrected chi connectivity index (χ1v) is 9.93. The summed E-state index contributed by atoms with van der Waals surface area (Å²) in [7, 11) is 0. The predicted molar refractivity (Wildman–Crippen MR) is 102 cm³/mol. The molecule has 7 nitrogen and oxygen atoms in total. The van der Waals surface area contributed by atoms with Crippen molar-refractivity contribution in [3.8, 4) is 0 Å². The molecule has 2 atom stereocenters. The fraction of sp³-hybridized carbons (Fsp3) is 0.600. The molecule has 2 aromatic heterocycles. The molecule has 2 aliphatic rings. The molecule has 0 aliphatic carbocycles. The van der Waals surface area contributed by atoms with E-state index in [-0.39, 0.29) is 11.8 Å². The number of carbonyl (C=O) groups excluding carboxylic acids is 1. The van der Waals surface area contributed by atoms with Gasteiger partial charge in [-0.25, -0.2) is 15.0 Å². The van der Waals surface area contributed by atoms with Crippen LogP contribution in [0.2, 0.25) is 0 Å². The highest BCUT2D eigenvalue weighted by Gasteiger charge is 2.27. The molecule has 144 valence electrons. The van der Waals surface area contributed by atoms with Crippen LogP contribution in [0.4, 0.5) is 0 Å². The molecule has 2 aliphatic heterocycles. The van der Waals surface area contributed by atoms with Crippen LogP contribution < -0.4 is 5.32 Å². The number of fused-ring (bicyclic) bond motifs is 1. The van der Waals surface area contributed by atoms with Gasteiger partial charge >= 0.3 is 0 Å². The van der Waals surface area contributed by atoms with Gasteiger partial charge in [-0.3, -0.25) is 4.79 Å². The van der Waals surface area contributed by atoms with Gasteiger partial charge in [0.05, 0.1) is 11.6 Å². The second kappa shape index (κ2) is 7.76. The van der Waals surface area contributed by atoms with Crippen molar-refractivity contribution in [3.63, 3.8) is 0 Å². The second-order valence-corrected chi connectivity index (χ2v) is 7.78. The van der Waals surface area contributed by atoms with E-state index in [1.807, 2.05) is 35.7 Å². The molecule has 0 saturated carbocycles. The van der Waals surface area contributed by atoms with Crippen LogP contribution in [-0.4, -0.2) is 50.0 Å². The van der Waals surface area contributed by atoms with E-state index >= 15 is 0 Å². The second-order valence-electron chi connectivity index (χ2n) is 7.78. The molecule has 2 unspecified atom stereocenters. The van der Waals surface area contributed by atoms with Crippen molar-refractivity contribution in [3.05, 3.63) is 41.5 Å². The van der Waals surface area contributed by atoms with Gasteiger partial charge in [-0.05, 0) is 26.3 Å². The Morgan fingerprint density at radius 1 is 1.41 bits per heavy atom. The zero-order chi connectivity index (χ0) is 18.8. The minimum atomic E-state index is -0.0760. The van der Waals surface area contributed by atoms with E-state index in [1.165, 1.54) is 6.42 Å². The Balaban J connectivity index is 1.41. The van der Waals surface area contributed by atoms with Crippen molar-refractivity contribution < 1.29 is 4.79 Å². The Morgan fingerprint density at radius 3 is 3.04 bits per heavy atom. The summed E-state index contributed by atoms with van der Waals surface area (Å²) in [5.74, 6) is 2.44. The minimum Gasteiger partial charge on any atom is -0.338 e. The number of hydrogen-bond donors (Lipinski definition) is 1. The highest BCUT2D eigenvalue weighted by atomic mass is 16.2. The number of piperidine rings is 1. The Bertz CT molecular complexity index is 811. The molecular formula is C20H28N6O. The maximum atomic E-state index is 12.9. The molecule has 0 radical (unpaired) electrons. The van der Waals surface area contributed by atoms with Crippen molar-refractivity contribution in [1.29, 1.82) is 0 Å². The summed E-state index contributed by atoms with van der Waals surface area (Å²) in [6, 6.07) is 0. The fourth-order valence-corrected chi connectivity index (χ4v) is 4.07. The number of hydrogen-bond acceptors (Lipinski definition) is 5. The van der Waals surface area contributed by atoms with Crippen LogP contribution in [0.15, 0.2) is 18.6 Å². The third-order valence-corrected chi connectivity index (χ3v) is 5.74. The quantitative estimate of drug-likeness (QED) is 0.888. The number of imidazole rings is 1. The van der Waals surface area contributed by atoms with Gasteiger partial charge in [0, 0.05) is 62.7 Å². The van der Waals surface area contributed by atoms with E-state index in [0.717, 1.165) is 55.4 Å². The Labute approximate surface area is 160 Å². The largest absolute Gasteiger partial charge is 0.338 e. The van der Waals surface area contributed by atoms with Gasteiger partial charge in [0.1, 0.15) is 11.6 Å². The topological polar surface area (TPSA) is 75.9 Å². The highest BCUT2D eigenvalue weighted by Crippen LogP contribution is 2.24. The molecule has 1 amide bonds. The lowest BCUT2D eigenvalue weighted by Crippen LogP contribution is -2.40. The molecule has 1 fully saturated rings. The third kappa shape index (κ3) is 3.88. The van der Waals surface area contributed by atoms with Crippen LogP contribution >= 0.6 is 0 Å². The SMILES string of the molecule is Cc1nccn1CC(C)C(=O)N1CCc2nc(C3CCCNC3)ncc2C1. The van der Waals surface area contributed by atoms with Crippen molar-refractivity contribution in [2.24, 2.45) is 5.92 Å². The summed E-state index contributed by atoms with van der Waals surface area (Å²) in [6.07, 6.45) is 8.80. The Kier molecular flexibility index (Phi) is 5.20. The molecule has 4 rings (SSSR count). The van der Waals surface area contributed by atoms with Crippen LogP contribution in [0.1, 0.15) is 48.6 Å². The first-order valence-electron chi connectivity index (χ1n) is 9.93. The number of nitrogens with one attached hydrogen (secondary N) is 1. The van der Waals surface area contributed by atoms with E-state index in [1.54, 1.807) is 6.20 Å². The number of nitrogens with zero attached hydrogens (tertiary/aromatic N) is 5. The van der Waals surface area contributed by atoms with E-state index in [2.05, 4.69) is 15.3 Å². The molecule has 0 aromatic carbocycles. The molecule has 7 heteroatoms. The third-order valence-electron chi connectivity index (χ3n) is 5.74. The molecule has 0 spiro atoms. The van der Waals surface area contributed by atoms with Gasteiger partial charge in [0.2, 0.25) is 5.91 Å².